The highest BCUT2D eigenvalue weighted by Gasteiger charge is 2.01. The van der Waals surface area contributed by atoms with Gasteiger partial charge in [0.05, 0.1) is 5.41 Å². The highest BCUT2D eigenvalue weighted by Crippen LogP contribution is 1.99. The standard InChI is InChI=1S/C6H8O5S/c1-5(6(7)8)3-2-4-12(9,10)11/h2,4H,1,3H2,(H,7,8)(H,9,10,11). The lowest BCUT2D eigenvalue weighted by molar-refractivity contribution is -0.132. The molecule has 6 heteroatoms. The van der Waals surface area contributed by atoms with Crippen LogP contribution in [0.5, 0.6) is 0 Å². The summed E-state index contributed by atoms with van der Waals surface area (Å²) in [5.41, 5.74) is -0.144. The SMILES string of the molecule is C=C(CC=CS(=O)(=O)O)C(=O)O. The van der Waals surface area contributed by atoms with E-state index in [1.54, 1.807) is 0 Å². The molecule has 0 rings (SSSR count). The van der Waals surface area contributed by atoms with Crippen LogP contribution in [0, 0.1) is 0 Å². The minimum absolute atomic E-state index is 0.116. The van der Waals surface area contributed by atoms with Gasteiger partial charge in [-0.05, 0) is 6.42 Å². The first-order valence-electron chi connectivity index (χ1n) is 2.88. The molecule has 0 heterocycles. The van der Waals surface area contributed by atoms with Gasteiger partial charge in [0, 0.05) is 5.57 Å². The van der Waals surface area contributed by atoms with Crippen LogP contribution >= 0.6 is 0 Å². The smallest absolute Gasteiger partial charge is 0.331 e. The summed E-state index contributed by atoms with van der Waals surface area (Å²) in [5.74, 6) is -1.20. The third-order valence-corrected chi connectivity index (χ3v) is 1.47. The van der Waals surface area contributed by atoms with Crippen LogP contribution in [0.3, 0.4) is 0 Å². The van der Waals surface area contributed by atoms with Crippen molar-refractivity contribution in [2.24, 2.45) is 0 Å². The van der Waals surface area contributed by atoms with Crippen molar-refractivity contribution in [3.63, 3.8) is 0 Å². The molecule has 0 radical (unpaired) electrons. The summed E-state index contributed by atoms with van der Waals surface area (Å²) in [7, 11) is -4.16. The van der Waals surface area contributed by atoms with Gasteiger partial charge in [0.2, 0.25) is 0 Å². The van der Waals surface area contributed by atoms with E-state index in [0.29, 0.717) is 5.41 Å². The maximum absolute atomic E-state index is 10.1. The van der Waals surface area contributed by atoms with Crippen LogP contribution in [0.25, 0.3) is 0 Å². The number of hydrogen-bond donors (Lipinski definition) is 2. The fourth-order valence-electron chi connectivity index (χ4n) is 0.399. The van der Waals surface area contributed by atoms with Crippen LogP contribution in [-0.4, -0.2) is 24.0 Å². The minimum atomic E-state index is -4.16. The average Bonchev–Trinajstić information content (AvgIpc) is 1.84. The highest BCUT2D eigenvalue weighted by atomic mass is 32.2. The van der Waals surface area contributed by atoms with E-state index in [4.69, 9.17) is 9.66 Å². The Morgan fingerprint density at radius 1 is 1.50 bits per heavy atom. The molecule has 0 bridgehead atoms. The van der Waals surface area contributed by atoms with Gasteiger partial charge in [-0.25, -0.2) is 4.79 Å². The number of carboxylic acids is 1. The van der Waals surface area contributed by atoms with Gasteiger partial charge in [-0.1, -0.05) is 12.7 Å². The molecule has 68 valence electrons. The van der Waals surface area contributed by atoms with Gasteiger partial charge in [0.1, 0.15) is 0 Å². The molecule has 0 fully saturated rings. The third-order valence-electron chi connectivity index (χ3n) is 0.935. The average molecular weight is 192 g/mol. The maximum atomic E-state index is 10.1. The van der Waals surface area contributed by atoms with E-state index >= 15 is 0 Å². The second-order valence-electron chi connectivity index (χ2n) is 2.00. The molecule has 0 saturated carbocycles. The lowest BCUT2D eigenvalue weighted by atomic mass is 10.2. The summed E-state index contributed by atoms with van der Waals surface area (Å²) in [6, 6.07) is 0. The van der Waals surface area contributed by atoms with E-state index in [-0.39, 0.29) is 12.0 Å². The van der Waals surface area contributed by atoms with E-state index < -0.39 is 16.1 Å². The fourth-order valence-corrected chi connectivity index (χ4v) is 0.739. The molecular weight excluding hydrogens is 184 g/mol. The van der Waals surface area contributed by atoms with Crippen molar-refractivity contribution >= 4 is 16.1 Å². The molecule has 0 unspecified atom stereocenters. The van der Waals surface area contributed by atoms with E-state index in [9.17, 15) is 13.2 Å². The number of carboxylic acid groups (broad SMARTS) is 1. The van der Waals surface area contributed by atoms with Crippen LogP contribution < -0.4 is 0 Å². The van der Waals surface area contributed by atoms with Gasteiger partial charge >= 0.3 is 5.97 Å². The highest BCUT2D eigenvalue weighted by molar-refractivity contribution is 7.88. The Hall–Kier alpha value is -1.14. The molecule has 0 spiro atoms. The first-order valence-corrected chi connectivity index (χ1v) is 4.38. The topological polar surface area (TPSA) is 91.7 Å². The second kappa shape index (κ2) is 4.03. The van der Waals surface area contributed by atoms with Crippen molar-refractivity contribution in [3.8, 4) is 0 Å². The van der Waals surface area contributed by atoms with E-state index in [0.717, 1.165) is 6.08 Å². The summed E-state index contributed by atoms with van der Waals surface area (Å²) in [6.45, 7) is 3.15. The summed E-state index contributed by atoms with van der Waals surface area (Å²) < 4.78 is 28.3. The number of aliphatic carboxylic acids is 1. The molecule has 0 aliphatic rings. The molecule has 0 amide bonds. The van der Waals surface area contributed by atoms with Gasteiger partial charge in [0.15, 0.2) is 0 Å². The van der Waals surface area contributed by atoms with Crippen molar-refractivity contribution in [3.05, 3.63) is 23.6 Å². The molecule has 0 aromatic heterocycles. The van der Waals surface area contributed by atoms with Crippen LogP contribution in [0.2, 0.25) is 0 Å². The first kappa shape index (κ1) is 10.9. The minimum Gasteiger partial charge on any atom is -0.478 e. The van der Waals surface area contributed by atoms with Crippen LogP contribution in [0.4, 0.5) is 0 Å². The summed E-state index contributed by atoms with van der Waals surface area (Å²) in [6.07, 6.45) is 0.890. The molecule has 2 N–H and O–H groups in total. The molecular formula is C6H8O5S. The molecule has 0 aliphatic heterocycles. The molecule has 0 aromatic rings. The quantitative estimate of drug-likeness (QED) is 0.497. The number of carbonyl (C=O) groups is 1. The molecule has 12 heavy (non-hydrogen) atoms. The van der Waals surface area contributed by atoms with Crippen molar-refractivity contribution < 1.29 is 22.9 Å². The Kier molecular flexibility index (Phi) is 3.65. The van der Waals surface area contributed by atoms with Crippen molar-refractivity contribution in [1.29, 1.82) is 0 Å². The molecule has 0 saturated heterocycles. The lowest BCUT2D eigenvalue weighted by Gasteiger charge is -1.91. The van der Waals surface area contributed by atoms with Crippen LogP contribution in [0.15, 0.2) is 23.6 Å². The van der Waals surface area contributed by atoms with E-state index in [1.807, 2.05) is 0 Å². The van der Waals surface area contributed by atoms with Gasteiger partial charge < -0.3 is 5.11 Å². The van der Waals surface area contributed by atoms with Gasteiger partial charge in [-0.15, -0.1) is 0 Å². The van der Waals surface area contributed by atoms with Gasteiger partial charge in [0.25, 0.3) is 10.1 Å². The van der Waals surface area contributed by atoms with Gasteiger partial charge in [-0.3, -0.25) is 4.55 Å². The zero-order chi connectivity index (χ0) is 9.78. The summed E-state index contributed by atoms with van der Waals surface area (Å²) in [4.78, 5) is 10.1. The zero-order valence-corrected chi connectivity index (χ0v) is 6.91. The third kappa shape index (κ3) is 5.63. The second-order valence-corrected chi connectivity index (χ2v) is 3.30. The maximum Gasteiger partial charge on any atom is 0.331 e. The zero-order valence-electron chi connectivity index (χ0n) is 6.10. The molecule has 0 aliphatic carbocycles. The molecule has 0 atom stereocenters. The summed E-state index contributed by atoms with van der Waals surface area (Å²) >= 11 is 0. The Morgan fingerprint density at radius 3 is 2.33 bits per heavy atom. The van der Waals surface area contributed by atoms with Crippen LogP contribution in [-0.2, 0) is 14.9 Å². The monoisotopic (exact) mass is 192 g/mol. The predicted octanol–water partition coefficient (Wildman–Crippen LogP) is 0.419. The van der Waals surface area contributed by atoms with E-state index in [1.165, 1.54) is 0 Å². The van der Waals surface area contributed by atoms with E-state index in [2.05, 4.69) is 6.58 Å². The van der Waals surface area contributed by atoms with Gasteiger partial charge in [-0.2, -0.15) is 8.42 Å². The number of rotatable bonds is 4. The summed E-state index contributed by atoms with van der Waals surface area (Å²) in [5, 5.41) is 8.78. The fraction of sp³-hybridized carbons (Fsp3) is 0.167. The predicted molar refractivity (Wildman–Crippen MR) is 42.1 cm³/mol. The first-order chi connectivity index (χ1) is 5.33. The van der Waals surface area contributed by atoms with Crippen molar-refractivity contribution in [1.82, 2.24) is 0 Å². The lowest BCUT2D eigenvalue weighted by Crippen LogP contribution is -1.97. The van der Waals surface area contributed by atoms with Crippen molar-refractivity contribution in [2.75, 3.05) is 0 Å². The molecule has 5 nitrogen and oxygen atoms in total. The normalized spacial score (nSPS) is 11.8. The van der Waals surface area contributed by atoms with Crippen LogP contribution in [0.1, 0.15) is 6.42 Å². The Labute approximate surface area is 69.8 Å². The molecule has 0 aromatic carbocycles. The Bertz CT molecular complexity index is 311. The Morgan fingerprint density at radius 2 is 2.00 bits per heavy atom. The number of allylic oxidation sites excluding steroid dienone is 1. The Balaban J connectivity index is 4.10. The van der Waals surface area contributed by atoms with Crippen molar-refractivity contribution in [2.45, 2.75) is 6.42 Å². The number of hydrogen-bond acceptors (Lipinski definition) is 3. The largest absolute Gasteiger partial charge is 0.478 e.